The minimum atomic E-state index is -0.290. The van der Waals surface area contributed by atoms with Gasteiger partial charge in [-0.05, 0) is 18.7 Å². The number of ether oxygens (including phenoxy) is 1. The molecule has 0 saturated heterocycles. The fourth-order valence-corrected chi connectivity index (χ4v) is 0.876. The highest BCUT2D eigenvalue weighted by atomic mass is 16.5. The van der Waals surface area contributed by atoms with E-state index in [0.717, 1.165) is 6.54 Å². The average Bonchev–Trinajstić information content (AvgIpc) is 2.19. The molecule has 1 N–H and O–H groups in total. The number of hydrogen-bond donors (Lipinski definition) is 1. The molecule has 0 spiro atoms. The van der Waals surface area contributed by atoms with Gasteiger partial charge < -0.3 is 4.74 Å². The molecule has 0 aliphatic heterocycles. The Bertz CT molecular complexity index is 259. The third kappa shape index (κ3) is 3.25. The predicted molar refractivity (Wildman–Crippen MR) is 50.4 cm³/mol. The van der Waals surface area contributed by atoms with Crippen molar-refractivity contribution < 1.29 is 9.53 Å². The van der Waals surface area contributed by atoms with Crippen molar-refractivity contribution in [1.29, 1.82) is 0 Å². The van der Waals surface area contributed by atoms with E-state index in [1.54, 1.807) is 12.1 Å². The molecular formula is C10H13NO2. The fraction of sp³-hybridized carbons (Fsp3) is 0.300. The van der Waals surface area contributed by atoms with E-state index in [1.807, 2.05) is 25.1 Å². The van der Waals surface area contributed by atoms with Gasteiger partial charge in [0.15, 0.2) is 0 Å². The van der Waals surface area contributed by atoms with Gasteiger partial charge in [-0.1, -0.05) is 25.1 Å². The molecule has 3 heteroatoms. The highest BCUT2D eigenvalue weighted by Gasteiger charge is 2.03. The van der Waals surface area contributed by atoms with Crippen molar-refractivity contribution in [2.45, 2.75) is 6.92 Å². The van der Waals surface area contributed by atoms with Crippen LogP contribution in [0.1, 0.15) is 17.3 Å². The van der Waals surface area contributed by atoms with Crippen LogP contribution < -0.4 is 5.32 Å². The second-order valence-corrected chi connectivity index (χ2v) is 2.55. The molecule has 0 saturated carbocycles. The number of carbonyl (C=O) groups is 1. The van der Waals surface area contributed by atoms with E-state index in [0.29, 0.717) is 5.56 Å². The van der Waals surface area contributed by atoms with Gasteiger partial charge in [0.2, 0.25) is 0 Å². The highest BCUT2D eigenvalue weighted by Crippen LogP contribution is 1.99. The normalized spacial score (nSPS) is 9.62. The molecule has 1 aromatic carbocycles. The van der Waals surface area contributed by atoms with Crippen LogP contribution >= 0.6 is 0 Å². The largest absolute Gasteiger partial charge is 0.446 e. The van der Waals surface area contributed by atoms with Gasteiger partial charge in [-0.25, -0.2) is 4.79 Å². The molecule has 0 bridgehead atoms. The average molecular weight is 179 g/mol. The Morgan fingerprint density at radius 1 is 1.38 bits per heavy atom. The third-order valence-electron chi connectivity index (χ3n) is 1.56. The first kappa shape index (κ1) is 9.74. The molecule has 0 amide bonds. The predicted octanol–water partition coefficient (Wildman–Crippen LogP) is 1.41. The summed E-state index contributed by atoms with van der Waals surface area (Å²) in [6, 6.07) is 8.94. The van der Waals surface area contributed by atoms with E-state index in [-0.39, 0.29) is 12.7 Å². The molecule has 1 rings (SSSR count). The maximum absolute atomic E-state index is 11.3. The molecule has 0 aromatic heterocycles. The molecule has 0 aliphatic rings. The molecule has 13 heavy (non-hydrogen) atoms. The van der Waals surface area contributed by atoms with Crippen molar-refractivity contribution in [3.05, 3.63) is 35.9 Å². The molecule has 0 unspecified atom stereocenters. The van der Waals surface area contributed by atoms with Gasteiger partial charge >= 0.3 is 5.97 Å². The minimum absolute atomic E-state index is 0.268. The Labute approximate surface area is 77.7 Å². The van der Waals surface area contributed by atoms with Gasteiger partial charge in [0, 0.05) is 0 Å². The van der Waals surface area contributed by atoms with Crippen LogP contribution in [0, 0.1) is 0 Å². The molecular weight excluding hydrogens is 166 g/mol. The first-order chi connectivity index (χ1) is 6.34. The zero-order chi connectivity index (χ0) is 9.52. The summed E-state index contributed by atoms with van der Waals surface area (Å²) in [6.07, 6.45) is 0. The van der Waals surface area contributed by atoms with Gasteiger partial charge in [-0.15, -0.1) is 0 Å². The lowest BCUT2D eigenvalue weighted by Gasteiger charge is -2.03. The summed E-state index contributed by atoms with van der Waals surface area (Å²) in [5, 5.41) is 2.91. The first-order valence-electron chi connectivity index (χ1n) is 4.27. The minimum Gasteiger partial charge on any atom is -0.446 e. The van der Waals surface area contributed by atoms with Crippen LogP contribution in [0.5, 0.6) is 0 Å². The lowest BCUT2D eigenvalue weighted by Crippen LogP contribution is -2.20. The van der Waals surface area contributed by atoms with Crippen LogP contribution in [0.25, 0.3) is 0 Å². The number of esters is 1. The Morgan fingerprint density at radius 2 is 2.08 bits per heavy atom. The Hall–Kier alpha value is -1.35. The molecule has 0 heterocycles. The van der Waals surface area contributed by atoms with Crippen molar-refractivity contribution in [1.82, 2.24) is 5.32 Å². The Balaban J connectivity index is 2.40. The summed E-state index contributed by atoms with van der Waals surface area (Å²) >= 11 is 0. The van der Waals surface area contributed by atoms with Gasteiger partial charge in [-0.2, -0.15) is 0 Å². The summed E-state index contributed by atoms with van der Waals surface area (Å²) in [4.78, 5) is 11.3. The van der Waals surface area contributed by atoms with Crippen molar-refractivity contribution in [2.75, 3.05) is 13.3 Å². The summed E-state index contributed by atoms with van der Waals surface area (Å²) in [6.45, 7) is 3.02. The van der Waals surface area contributed by atoms with E-state index < -0.39 is 0 Å². The summed E-state index contributed by atoms with van der Waals surface area (Å²) in [7, 11) is 0. The van der Waals surface area contributed by atoms with Crippen LogP contribution in [-0.4, -0.2) is 19.2 Å². The summed E-state index contributed by atoms with van der Waals surface area (Å²) in [5.41, 5.74) is 0.584. The standard InChI is InChI=1S/C10H13NO2/c1-2-11-8-13-10(12)9-6-4-3-5-7-9/h3-7,11H,2,8H2,1H3. The monoisotopic (exact) mass is 179 g/mol. The first-order valence-corrected chi connectivity index (χ1v) is 4.27. The van der Waals surface area contributed by atoms with Crippen LogP contribution in [0.3, 0.4) is 0 Å². The van der Waals surface area contributed by atoms with Crippen molar-refractivity contribution in [3.63, 3.8) is 0 Å². The molecule has 1 aromatic rings. The highest BCUT2D eigenvalue weighted by molar-refractivity contribution is 5.89. The molecule has 3 nitrogen and oxygen atoms in total. The number of nitrogens with one attached hydrogen (secondary N) is 1. The third-order valence-corrected chi connectivity index (χ3v) is 1.56. The number of benzene rings is 1. The van der Waals surface area contributed by atoms with Gasteiger partial charge in [0.1, 0.15) is 6.73 Å². The summed E-state index contributed by atoms with van der Waals surface area (Å²) in [5.74, 6) is -0.290. The number of rotatable bonds is 4. The van der Waals surface area contributed by atoms with Gasteiger partial charge in [0.05, 0.1) is 5.56 Å². The molecule has 0 radical (unpaired) electrons. The van der Waals surface area contributed by atoms with Crippen LogP contribution in [0.4, 0.5) is 0 Å². The maximum atomic E-state index is 11.3. The SMILES string of the molecule is CCNCOC(=O)c1ccccc1. The number of hydrogen-bond acceptors (Lipinski definition) is 3. The van der Waals surface area contributed by atoms with Crippen LogP contribution in [0.15, 0.2) is 30.3 Å². The topological polar surface area (TPSA) is 38.3 Å². The lowest BCUT2D eigenvalue weighted by atomic mass is 10.2. The smallest absolute Gasteiger partial charge is 0.339 e. The van der Waals surface area contributed by atoms with Crippen LogP contribution in [-0.2, 0) is 4.74 Å². The van der Waals surface area contributed by atoms with E-state index >= 15 is 0 Å². The van der Waals surface area contributed by atoms with Crippen molar-refractivity contribution in [2.24, 2.45) is 0 Å². The van der Waals surface area contributed by atoms with E-state index in [2.05, 4.69) is 5.32 Å². The van der Waals surface area contributed by atoms with Crippen LogP contribution in [0.2, 0.25) is 0 Å². The van der Waals surface area contributed by atoms with Crippen molar-refractivity contribution >= 4 is 5.97 Å². The van der Waals surface area contributed by atoms with Gasteiger partial charge in [0.25, 0.3) is 0 Å². The second-order valence-electron chi connectivity index (χ2n) is 2.55. The molecule has 0 fully saturated rings. The van der Waals surface area contributed by atoms with Crippen molar-refractivity contribution in [3.8, 4) is 0 Å². The molecule has 70 valence electrons. The number of carbonyl (C=O) groups excluding carboxylic acids is 1. The zero-order valence-corrected chi connectivity index (χ0v) is 7.62. The molecule has 0 atom stereocenters. The lowest BCUT2D eigenvalue weighted by molar-refractivity contribution is 0.0475. The van der Waals surface area contributed by atoms with E-state index in [9.17, 15) is 4.79 Å². The second kappa shape index (κ2) is 5.32. The quantitative estimate of drug-likeness (QED) is 0.431. The maximum Gasteiger partial charge on any atom is 0.339 e. The fourth-order valence-electron chi connectivity index (χ4n) is 0.876. The molecule has 0 aliphatic carbocycles. The van der Waals surface area contributed by atoms with E-state index in [1.165, 1.54) is 0 Å². The van der Waals surface area contributed by atoms with E-state index in [4.69, 9.17) is 4.74 Å². The Kier molecular flexibility index (Phi) is 3.99. The Morgan fingerprint density at radius 3 is 2.69 bits per heavy atom. The summed E-state index contributed by atoms with van der Waals surface area (Å²) < 4.78 is 4.92. The van der Waals surface area contributed by atoms with Gasteiger partial charge in [-0.3, -0.25) is 5.32 Å². The zero-order valence-electron chi connectivity index (χ0n) is 7.62.